The topological polar surface area (TPSA) is 44.2 Å². The van der Waals surface area contributed by atoms with Crippen LogP contribution in [-0.4, -0.2) is 17.1 Å². The highest BCUT2D eigenvalue weighted by molar-refractivity contribution is 9.10. The van der Waals surface area contributed by atoms with Gasteiger partial charge in [-0.15, -0.1) is 0 Å². The Morgan fingerprint density at radius 2 is 1.75 bits per heavy atom. The maximum atomic E-state index is 5.78. The van der Waals surface area contributed by atoms with Crippen molar-refractivity contribution < 1.29 is 9.47 Å². The van der Waals surface area contributed by atoms with Crippen LogP contribution in [0.4, 0.5) is 0 Å². The summed E-state index contributed by atoms with van der Waals surface area (Å²) in [4.78, 5) is 8.83. The molecule has 0 spiro atoms. The zero-order chi connectivity index (χ0) is 14.8. The fourth-order valence-electron chi connectivity index (χ4n) is 1.57. The lowest BCUT2D eigenvalue weighted by Crippen LogP contribution is -2.16. The molecule has 1 aromatic heterocycles. The molecule has 0 atom stereocenters. The molecule has 0 radical (unpaired) electrons. The standard InChI is InChI=1S/C15H17BrN2O2/c1-15(2,3)14-17-12(16)9-13(18-14)20-11-7-5-6-10(8-11)19-4/h5-9H,1-4H3. The van der Waals surface area contributed by atoms with Crippen LogP contribution in [0.3, 0.4) is 0 Å². The SMILES string of the molecule is COc1cccc(Oc2cc(Br)nc(C(C)(C)C)n2)c1. The van der Waals surface area contributed by atoms with Crippen molar-refractivity contribution in [2.45, 2.75) is 26.2 Å². The number of hydrogen-bond acceptors (Lipinski definition) is 4. The van der Waals surface area contributed by atoms with Gasteiger partial charge in [0, 0.05) is 17.5 Å². The summed E-state index contributed by atoms with van der Waals surface area (Å²) in [5, 5.41) is 0. The van der Waals surface area contributed by atoms with Gasteiger partial charge in [0.2, 0.25) is 5.88 Å². The summed E-state index contributed by atoms with van der Waals surface area (Å²) < 4.78 is 11.7. The molecule has 0 bridgehead atoms. The van der Waals surface area contributed by atoms with Crippen molar-refractivity contribution in [2.24, 2.45) is 0 Å². The van der Waals surface area contributed by atoms with Gasteiger partial charge in [-0.05, 0) is 28.1 Å². The number of nitrogens with zero attached hydrogens (tertiary/aromatic N) is 2. The summed E-state index contributed by atoms with van der Waals surface area (Å²) in [7, 11) is 1.62. The van der Waals surface area contributed by atoms with Crippen LogP contribution in [0.5, 0.6) is 17.4 Å². The molecule has 5 heteroatoms. The molecule has 0 aliphatic carbocycles. The van der Waals surface area contributed by atoms with E-state index < -0.39 is 0 Å². The number of hydrogen-bond donors (Lipinski definition) is 0. The minimum Gasteiger partial charge on any atom is -0.497 e. The van der Waals surface area contributed by atoms with E-state index in [-0.39, 0.29) is 5.41 Å². The molecule has 106 valence electrons. The molecule has 0 unspecified atom stereocenters. The molecule has 2 aromatic rings. The van der Waals surface area contributed by atoms with Crippen LogP contribution in [0.15, 0.2) is 34.9 Å². The summed E-state index contributed by atoms with van der Waals surface area (Å²) >= 11 is 3.39. The lowest BCUT2D eigenvalue weighted by molar-refractivity contribution is 0.405. The van der Waals surface area contributed by atoms with Gasteiger partial charge in [-0.3, -0.25) is 0 Å². The molecular formula is C15H17BrN2O2. The number of aromatic nitrogens is 2. The Labute approximate surface area is 127 Å². The van der Waals surface area contributed by atoms with Crippen LogP contribution in [-0.2, 0) is 5.41 Å². The first kappa shape index (κ1) is 14.8. The number of ether oxygens (including phenoxy) is 2. The van der Waals surface area contributed by atoms with E-state index in [2.05, 4.69) is 46.7 Å². The molecule has 20 heavy (non-hydrogen) atoms. The van der Waals surface area contributed by atoms with E-state index in [0.717, 1.165) is 11.6 Å². The minimum absolute atomic E-state index is 0.143. The second-order valence-electron chi connectivity index (χ2n) is 5.38. The Hall–Kier alpha value is -1.62. The van der Waals surface area contributed by atoms with Gasteiger partial charge >= 0.3 is 0 Å². The maximum absolute atomic E-state index is 5.78. The Balaban J connectivity index is 2.31. The zero-order valence-corrected chi connectivity index (χ0v) is 13.6. The molecule has 0 fully saturated rings. The minimum atomic E-state index is -0.143. The molecule has 0 amide bonds. The highest BCUT2D eigenvalue weighted by Gasteiger charge is 2.19. The third-order valence-corrected chi connectivity index (χ3v) is 3.01. The van der Waals surface area contributed by atoms with Crippen LogP contribution in [0.1, 0.15) is 26.6 Å². The van der Waals surface area contributed by atoms with Crippen LogP contribution >= 0.6 is 15.9 Å². The average molecular weight is 337 g/mol. The first-order chi connectivity index (χ1) is 9.38. The molecule has 0 saturated carbocycles. The number of benzene rings is 1. The van der Waals surface area contributed by atoms with Crippen LogP contribution in [0.25, 0.3) is 0 Å². The molecular weight excluding hydrogens is 320 g/mol. The van der Waals surface area contributed by atoms with Crippen LogP contribution in [0.2, 0.25) is 0 Å². The summed E-state index contributed by atoms with van der Waals surface area (Å²) in [6.07, 6.45) is 0. The van der Waals surface area contributed by atoms with Gasteiger partial charge in [0.15, 0.2) is 0 Å². The Morgan fingerprint density at radius 1 is 1.05 bits per heavy atom. The fourth-order valence-corrected chi connectivity index (χ4v) is 1.93. The maximum Gasteiger partial charge on any atom is 0.223 e. The Kier molecular flexibility index (Phi) is 4.28. The highest BCUT2D eigenvalue weighted by atomic mass is 79.9. The van der Waals surface area contributed by atoms with Gasteiger partial charge in [-0.2, -0.15) is 4.98 Å². The van der Waals surface area contributed by atoms with E-state index in [1.165, 1.54) is 0 Å². The Morgan fingerprint density at radius 3 is 2.40 bits per heavy atom. The van der Waals surface area contributed by atoms with Crippen LogP contribution in [0, 0.1) is 0 Å². The van der Waals surface area contributed by atoms with Gasteiger partial charge in [-0.1, -0.05) is 26.8 Å². The van der Waals surface area contributed by atoms with Crippen molar-refractivity contribution in [2.75, 3.05) is 7.11 Å². The van der Waals surface area contributed by atoms with E-state index in [4.69, 9.17) is 9.47 Å². The van der Waals surface area contributed by atoms with Crippen molar-refractivity contribution in [3.8, 4) is 17.4 Å². The molecule has 1 aromatic carbocycles. The zero-order valence-electron chi connectivity index (χ0n) is 12.0. The van der Waals surface area contributed by atoms with E-state index >= 15 is 0 Å². The highest BCUT2D eigenvalue weighted by Crippen LogP contribution is 2.28. The first-order valence-electron chi connectivity index (χ1n) is 6.25. The normalized spacial score (nSPS) is 11.2. The summed E-state index contributed by atoms with van der Waals surface area (Å²) in [6, 6.07) is 9.15. The summed E-state index contributed by atoms with van der Waals surface area (Å²) in [5.41, 5.74) is -0.143. The van der Waals surface area contributed by atoms with Crippen molar-refractivity contribution in [3.05, 3.63) is 40.8 Å². The van der Waals surface area contributed by atoms with Gasteiger partial charge in [-0.25, -0.2) is 4.98 Å². The summed E-state index contributed by atoms with van der Waals surface area (Å²) in [6.45, 7) is 6.18. The van der Waals surface area contributed by atoms with Crippen LogP contribution < -0.4 is 9.47 Å². The van der Waals surface area contributed by atoms with E-state index in [0.29, 0.717) is 16.2 Å². The largest absolute Gasteiger partial charge is 0.497 e. The molecule has 2 rings (SSSR count). The van der Waals surface area contributed by atoms with Gasteiger partial charge in [0.25, 0.3) is 0 Å². The van der Waals surface area contributed by atoms with Gasteiger partial charge < -0.3 is 9.47 Å². The molecule has 0 saturated heterocycles. The smallest absolute Gasteiger partial charge is 0.223 e. The average Bonchev–Trinajstić information content (AvgIpc) is 2.37. The molecule has 0 aliphatic heterocycles. The molecule has 4 nitrogen and oxygen atoms in total. The lowest BCUT2D eigenvalue weighted by Gasteiger charge is -2.17. The van der Waals surface area contributed by atoms with Gasteiger partial charge in [0.05, 0.1) is 7.11 Å². The number of rotatable bonds is 3. The van der Waals surface area contributed by atoms with Crippen molar-refractivity contribution in [3.63, 3.8) is 0 Å². The second-order valence-corrected chi connectivity index (χ2v) is 6.20. The third kappa shape index (κ3) is 3.70. The monoisotopic (exact) mass is 336 g/mol. The molecule has 0 N–H and O–H groups in total. The lowest BCUT2D eigenvalue weighted by atomic mass is 9.96. The van der Waals surface area contributed by atoms with E-state index in [1.54, 1.807) is 13.2 Å². The quantitative estimate of drug-likeness (QED) is 0.782. The Bertz CT molecular complexity index is 609. The second kappa shape index (κ2) is 5.79. The molecule has 1 heterocycles. The van der Waals surface area contributed by atoms with Gasteiger partial charge in [0.1, 0.15) is 21.9 Å². The number of methoxy groups -OCH3 is 1. The predicted molar refractivity (Wildman–Crippen MR) is 81.5 cm³/mol. The summed E-state index contributed by atoms with van der Waals surface area (Å²) in [5.74, 6) is 2.65. The van der Waals surface area contributed by atoms with Crippen molar-refractivity contribution >= 4 is 15.9 Å². The third-order valence-electron chi connectivity index (χ3n) is 2.61. The van der Waals surface area contributed by atoms with E-state index in [1.807, 2.05) is 24.3 Å². The first-order valence-corrected chi connectivity index (χ1v) is 7.05. The fraction of sp³-hybridized carbons (Fsp3) is 0.333. The predicted octanol–water partition coefficient (Wildman–Crippen LogP) is 4.34. The molecule has 0 aliphatic rings. The number of halogens is 1. The van der Waals surface area contributed by atoms with E-state index in [9.17, 15) is 0 Å². The van der Waals surface area contributed by atoms with Crippen molar-refractivity contribution in [1.29, 1.82) is 0 Å². The van der Waals surface area contributed by atoms with Crippen molar-refractivity contribution in [1.82, 2.24) is 9.97 Å².